The summed E-state index contributed by atoms with van der Waals surface area (Å²) in [4.78, 5) is 25.7. The largest absolute Gasteiger partial charge is 0.466 e. The maximum atomic E-state index is 12.2. The zero-order chi connectivity index (χ0) is 15.2. The lowest BCUT2D eigenvalue weighted by Gasteiger charge is -2.31. The average molecular weight is 312 g/mol. The van der Waals surface area contributed by atoms with Gasteiger partial charge in [-0.15, -0.1) is 10.2 Å². The first kappa shape index (κ1) is 15.8. The molecule has 1 aromatic heterocycles. The van der Waals surface area contributed by atoms with Gasteiger partial charge in [-0.3, -0.25) is 9.59 Å². The molecule has 1 atom stereocenters. The number of aromatic nitrogens is 3. The van der Waals surface area contributed by atoms with Gasteiger partial charge in [0.1, 0.15) is 6.33 Å². The normalized spacial score (nSPS) is 18.6. The second kappa shape index (κ2) is 7.44. The highest BCUT2D eigenvalue weighted by atomic mass is 32.2. The summed E-state index contributed by atoms with van der Waals surface area (Å²) in [6, 6.07) is 0. The Labute approximate surface area is 128 Å². The van der Waals surface area contributed by atoms with Gasteiger partial charge in [0.2, 0.25) is 5.91 Å². The van der Waals surface area contributed by atoms with Gasteiger partial charge in [-0.25, -0.2) is 0 Å². The second-order valence-corrected chi connectivity index (χ2v) is 5.89. The van der Waals surface area contributed by atoms with Gasteiger partial charge in [0.15, 0.2) is 5.16 Å². The molecule has 0 aliphatic carbocycles. The summed E-state index contributed by atoms with van der Waals surface area (Å²) in [7, 11) is 1.84. The summed E-state index contributed by atoms with van der Waals surface area (Å²) < 4.78 is 6.81. The van der Waals surface area contributed by atoms with Gasteiger partial charge in [-0.2, -0.15) is 0 Å². The first-order valence-electron chi connectivity index (χ1n) is 7.03. The number of ether oxygens (including phenoxy) is 1. The molecule has 0 bridgehead atoms. The van der Waals surface area contributed by atoms with Crippen LogP contribution in [-0.2, 0) is 21.4 Å². The molecule has 7 nitrogen and oxygen atoms in total. The molecule has 0 radical (unpaired) electrons. The van der Waals surface area contributed by atoms with E-state index in [1.165, 1.54) is 11.8 Å². The molecule has 0 aromatic carbocycles. The minimum atomic E-state index is -0.198. The first-order chi connectivity index (χ1) is 10.1. The number of aryl methyl sites for hydroxylation is 1. The van der Waals surface area contributed by atoms with Crippen LogP contribution in [0.1, 0.15) is 19.8 Å². The minimum absolute atomic E-state index is 0.0250. The summed E-state index contributed by atoms with van der Waals surface area (Å²) in [5.41, 5.74) is 0. The van der Waals surface area contributed by atoms with E-state index in [9.17, 15) is 9.59 Å². The van der Waals surface area contributed by atoms with Crippen LogP contribution in [0.3, 0.4) is 0 Å². The monoisotopic (exact) mass is 312 g/mol. The van der Waals surface area contributed by atoms with Crippen LogP contribution in [-0.4, -0.2) is 57.0 Å². The Morgan fingerprint density at radius 3 is 3.00 bits per heavy atom. The Balaban J connectivity index is 1.84. The van der Waals surface area contributed by atoms with Gasteiger partial charge in [-0.05, 0) is 19.8 Å². The van der Waals surface area contributed by atoms with Gasteiger partial charge in [0, 0.05) is 20.1 Å². The van der Waals surface area contributed by atoms with Crippen LogP contribution in [0.4, 0.5) is 0 Å². The topological polar surface area (TPSA) is 77.3 Å². The molecule has 8 heteroatoms. The molecule has 2 rings (SSSR count). The zero-order valence-electron chi connectivity index (χ0n) is 12.3. The van der Waals surface area contributed by atoms with E-state index in [1.807, 2.05) is 7.05 Å². The van der Waals surface area contributed by atoms with Crippen LogP contribution in [0, 0.1) is 5.92 Å². The Morgan fingerprint density at radius 1 is 1.52 bits per heavy atom. The van der Waals surface area contributed by atoms with Crippen LogP contribution in [0.2, 0.25) is 0 Å². The number of hydrogen-bond donors (Lipinski definition) is 0. The molecule has 0 saturated carbocycles. The van der Waals surface area contributed by atoms with Crippen molar-refractivity contribution in [3.05, 3.63) is 6.33 Å². The molecule has 1 aliphatic heterocycles. The SMILES string of the molecule is CCOC(=O)[C@@H]1CCCN(C(=O)CSc2nncn2C)C1. The lowest BCUT2D eigenvalue weighted by molar-refractivity contribution is -0.151. The standard InChI is InChI=1S/C13H20N4O3S/c1-3-20-12(19)10-5-4-6-17(7-10)11(18)8-21-13-15-14-9-16(13)2/h9-10H,3-8H2,1-2H3/t10-/m1/s1. The molecule has 21 heavy (non-hydrogen) atoms. The quantitative estimate of drug-likeness (QED) is 0.588. The number of rotatable bonds is 5. The predicted molar refractivity (Wildman–Crippen MR) is 77.7 cm³/mol. The van der Waals surface area contributed by atoms with Crippen LogP contribution in [0.25, 0.3) is 0 Å². The number of piperidine rings is 1. The molecular formula is C13H20N4O3S. The Hall–Kier alpha value is -1.57. The number of nitrogens with zero attached hydrogens (tertiary/aromatic N) is 4. The number of likely N-dealkylation sites (tertiary alicyclic amines) is 1. The highest BCUT2D eigenvalue weighted by Gasteiger charge is 2.29. The molecule has 1 amide bonds. The summed E-state index contributed by atoms with van der Waals surface area (Å²) in [5, 5.41) is 8.42. The molecule has 2 heterocycles. The second-order valence-electron chi connectivity index (χ2n) is 4.94. The maximum absolute atomic E-state index is 12.2. The number of carbonyl (C=O) groups excluding carboxylic acids is 2. The van der Waals surface area contributed by atoms with Crippen molar-refractivity contribution < 1.29 is 14.3 Å². The third kappa shape index (κ3) is 4.20. The van der Waals surface area contributed by atoms with Crippen molar-refractivity contribution in [2.45, 2.75) is 24.9 Å². The zero-order valence-corrected chi connectivity index (χ0v) is 13.1. The lowest BCUT2D eigenvalue weighted by Crippen LogP contribution is -2.43. The van der Waals surface area contributed by atoms with Crippen molar-refractivity contribution in [2.24, 2.45) is 13.0 Å². The fourth-order valence-electron chi connectivity index (χ4n) is 2.28. The van der Waals surface area contributed by atoms with Crippen molar-refractivity contribution in [3.63, 3.8) is 0 Å². The predicted octanol–water partition coefficient (Wildman–Crippen LogP) is 0.709. The molecule has 1 fully saturated rings. The van der Waals surface area contributed by atoms with E-state index in [4.69, 9.17) is 4.74 Å². The van der Waals surface area contributed by atoms with Gasteiger partial charge >= 0.3 is 5.97 Å². The number of esters is 1. The van der Waals surface area contributed by atoms with Crippen LogP contribution in [0.15, 0.2) is 11.5 Å². The smallest absolute Gasteiger partial charge is 0.310 e. The highest BCUT2D eigenvalue weighted by Crippen LogP contribution is 2.20. The fourth-order valence-corrected chi connectivity index (χ4v) is 3.07. The molecule has 0 spiro atoms. The number of hydrogen-bond acceptors (Lipinski definition) is 6. The lowest BCUT2D eigenvalue weighted by atomic mass is 9.98. The number of thioether (sulfide) groups is 1. The van der Waals surface area contributed by atoms with Gasteiger partial charge in [0.25, 0.3) is 0 Å². The van der Waals surface area contributed by atoms with E-state index in [-0.39, 0.29) is 17.8 Å². The van der Waals surface area contributed by atoms with E-state index < -0.39 is 0 Å². The van der Waals surface area contributed by atoms with Crippen molar-refractivity contribution in [2.75, 3.05) is 25.4 Å². The van der Waals surface area contributed by atoms with E-state index >= 15 is 0 Å². The fraction of sp³-hybridized carbons (Fsp3) is 0.692. The van der Waals surface area contributed by atoms with Crippen LogP contribution >= 0.6 is 11.8 Å². The maximum Gasteiger partial charge on any atom is 0.310 e. The third-order valence-electron chi connectivity index (χ3n) is 3.39. The van der Waals surface area contributed by atoms with Crippen molar-refractivity contribution in [1.82, 2.24) is 19.7 Å². The van der Waals surface area contributed by atoms with Crippen molar-refractivity contribution in [1.29, 1.82) is 0 Å². The van der Waals surface area contributed by atoms with Gasteiger partial charge in [-0.1, -0.05) is 11.8 Å². The van der Waals surface area contributed by atoms with E-state index in [2.05, 4.69) is 10.2 Å². The van der Waals surface area contributed by atoms with E-state index in [1.54, 1.807) is 22.7 Å². The van der Waals surface area contributed by atoms with E-state index in [0.29, 0.717) is 30.6 Å². The molecule has 1 saturated heterocycles. The highest BCUT2D eigenvalue weighted by molar-refractivity contribution is 7.99. The number of amides is 1. The van der Waals surface area contributed by atoms with Crippen LogP contribution < -0.4 is 0 Å². The molecule has 1 aliphatic rings. The molecule has 0 N–H and O–H groups in total. The van der Waals surface area contributed by atoms with Crippen molar-refractivity contribution >= 4 is 23.6 Å². The van der Waals surface area contributed by atoms with E-state index in [0.717, 1.165) is 12.8 Å². The van der Waals surface area contributed by atoms with Gasteiger partial charge < -0.3 is 14.2 Å². The summed E-state index contributed by atoms with van der Waals surface area (Å²) in [6.07, 6.45) is 3.23. The molecule has 0 unspecified atom stereocenters. The van der Waals surface area contributed by atoms with Gasteiger partial charge in [0.05, 0.1) is 18.3 Å². The first-order valence-corrected chi connectivity index (χ1v) is 8.01. The molecule has 1 aromatic rings. The minimum Gasteiger partial charge on any atom is -0.466 e. The van der Waals surface area contributed by atoms with Crippen molar-refractivity contribution in [3.8, 4) is 0 Å². The Bertz CT molecular complexity index is 505. The Morgan fingerprint density at radius 2 is 2.33 bits per heavy atom. The Kier molecular flexibility index (Phi) is 5.60. The molecular weight excluding hydrogens is 292 g/mol. The number of carbonyl (C=O) groups is 2. The summed E-state index contributed by atoms with van der Waals surface area (Å²) in [6.45, 7) is 3.33. The third-order valence-corrected chi connectivity index (χ3v) is 4.41. The summed E-state index contributed by atoms with van der Waals surface area (Å²) in [5.74, 6) is -0.0577. The average Bonchev–Trinajstić information content (AvgIpc) is 2.90. The molecule has 116 valence electrons. The van der Waals surface area contributed by atoms with Crippen LogP contribution in [0.5, 0.6) is 0 Å². The summed E-state index contributed by atoms with van der Waals surface area (Å²) >= 11 is 1.36.